The number of carbonyl (C=O) groups is 2. The molecule has 0 saturated heterocycles. The quantitative estimate of drug-likeness (QED) is 0.907. The molecule has 6 heteroatoms. The lowest BCUT2D eigenvalue weighted by Crippen LogP contribution is -2.47. The van der Waals surface area contributed by atoms with Gasteiger partial charge in [0.1, 0.15) is 5.75 Å². The Kier molecular flexibility index (Phi) is 4.56. The molecule has 2 aromatic rings. The van der Waals surface area contributed by atoms with Crippen molar-refractivity contribution in [3.8, 4) is 5.75 Å². The van der Waals surface area contributed by atoms with Crippen molar-refractivity contribution in [2.75, 3.05) is 7.11 Å². The lowest BCUT2D eigenvalue weighted by Gasteiger charge is -2.22. The molecule has 122 valence electrons. The Hall–Kier alpha value is -3.15. The summed E-state index contributed by atoms with van der Waals surface area (Å²) in [7, 11) is 1.57. The molecule has 0 radical (unpaired) electrons. The molecular weight excluding hydrogens is 306 g/mol. The van der Waals surface area contributed by atoms with Gasteiger partial charge in [-0.05, 0) is 18.2 Å². The average molecular weight is 323 g/mol. The summed E-state index contributed by atoms with van der Waals surface area (Å²) in [5.41, 5.74) is 1.30. The van der Waals surface area contributed by atoms with E-state index in [1.165, 1.54) is 0 Å². The summed E-state index contributed by atoms with van der Waals surface area (Å²) in [6.45, 7) is 0. The Morgan fingerprint density at radius 2 is 1.88 bits per heavy atom. The number of benzene rings is 2. The number of amides is 2. The molecule has 1 heterocycles. The molecule has 2 aromatic carbocycles. The van der Waals surface area contributed by atoms with Gasteiger partial charge in [-0.3, -0.25) is 20.2 Å². The fourth-order valence-electron chi connectivity index (χ4n) is 2.55. The number of nitrogens with one attached hydrogen (secondary N) is 2. The number of nitrogens with zero attached hydrogens (tertiary/aromatic N) is 1. The van der Waals surface area contributed by atoms with Crippen LogP contribution in [0.2, 0.25) is 0 Å². The molecule has 6 nitrogen and oxygen atoms in total. The lowest BCUT2D eigenvalue weighted by atomic mass is 10.0. The fraction of sp³-hybridized carbons (Fsp3) is 0.167. The van der Waals surface area contributed by atoms with Gasteiger partial charge in [0.15, 0.2) is 0 Å². The summed E-state index contributed by atoms with van der Waals surface area (Å²) in [6.07, 6.45) is 0.199. The largest absolute Gasteiger partial charge is 0.496 e. The number of ether oxygens (including phenoxy) is 1. The Morgan fingerprint density at radius 3 is 2.62 bits per heavy atom. The Bertz CT molecular complexity index is 787. The third-order valence-corrected chi connectivity index (χ3v) is 3.69. The van der Waals surface area contributed by atoms with E-state index in [1.807, 2.05) is 30.3 Å². The van der Waals surface area contributed by atoms with E-state index in [2.05, 4.69) is 15.6 Å². The standard InChI is InChI=1S/C18H17N3O3/c1-24-15-10-6-5-9-13(15)14-11-16(22)20-18(19-14)21-17(23)12-7-3-2-4-8-12/h2-10,14H,11H2,1H3,(H2,19,20,21,22,23)/t14-/m1/s1. The van der Waals surface area contributed by atoms with E-state index in [0.29, 0.717) is 11.3 Å². The summed E-state index contributed by atoms with van der Waals surface area (Å²) in [4.78, 5) is 28.7. The van der Waals surface area contributed by atoms with Crippen LogP contribution in [0.5, 0.6) is 5.75 Å². The van der Waals surface area contributed by atoms with Crippen LogP contribution in [-0.4, -0.2) is 24.9 Å². The summed E-state index contributed by atoms with van der Waals surface area (Å²) in [5.74, 6) is 0.283. The zero-order valence-corrected chi connectivity index (χ0v) is 13.2. The molecule has 0 aromatic heterocycles. The SMILES string of the molecule is COc1ccccc1[C@H]1CC(=O)NC(NC(=O)c2ccccc2)=N1. The first-order chi connectivity index (χ1) is 11.7. The zero-order valence-electron chi connectivity index (χ0n) is 13.2. The second-order valence-corrected chi connectivity index (χ2v) is 5.31. The van der Waals surface area contributed by atoms with Gasteiger partial charge in [-0.15, -0.1) is 0 Å². The van der Waals surface area contributed by atoms with Crippen molar-refractivity contribution in [3.63, 3.8) is 0 Å². The van der Waals surface area contributed by atoms with Crippen molar-refractivity contribution < 1.29 is 14.3 Å². The molecule has 0 spiro atoms. The van der Waals surface area contributed by atoms with Crippen molar-refractivity contribution in [1.29, 1.82) is 0 Å². The van der Waals surface area contributed by atoms with Crippen LogP contribution in [0, 0.1) is 0 Å². The van der Waals surface area contributed by atoms with E-state index in [-0.39, 0.29) is 24.2 Å². The van der Waals surface area contributed by atoms with Crippen molar-refractivity contribution in [2.45, 2.75) is 12.5 Å². The number of para-hydroxylation sites is 1. The third-order valence-electron chi connectivity index (χ3n) is 3.69. The van der Waals surface area contributed by atoms with Crippen molar-refractivity contribution in [2.24, 2.45) is 4.99 Å². The van der Waals surface area contributed by atoms with Crippen LogP contribution in [-0.2, 0) is 4.79 Å². The van der Waals surface area contributed by atoms with E-state index in [0.717, 1.165) is 5.56 Å². The first-order valence-electron chi connectivity index (χ1n) is 7.54. The predicted molar refractivity (Wildman–Crippen MR) is 89.8 cm³/mol. The second kappa shape index (κ2) is 6.95. The summed E-state index contributed by atoms with van der Waals surface area (Å²) in [5, 5.41) is 5.23. The van der Waals surface area contributed by atoms with Gasteiger partial charge in [-0.2, -0.15) is 0 Å². The Morgan fingerprint density at radius 1 is 1.17 bits per heavy atom. The molecule has 2 N–H and O–H groups in total. The third kappa shape index (κ3) is 3.43. The summed E-state index contributed by atoms with van der Waals surface area (Å²) in [6, 6.07) is 15.8. The van der Waals surface area contributed by atoms with Crippen molar-refractivity contribution in [1.82, 2.24) is 10.6 Å². The lowest BCUT2D eigenvalue weighted by molar-refractivity contribution is -0.120. The molecule has 1 aliphatic heterocycles. The van der Waals surface area contributed by atoms with Crippen LogP contribution in [0.3, 0.4) is 0 Å². The van der Waals surface area contributed by atoms with Gasteiger partial charge in [0, 0.05) is 11.1 Å². The molecule has 0 fully saturated rings. The molecule has 2 amide bonds. The molecule has 24 heavy (non-hydrogen) atoms. The molecular formula is C18H17N3O3. The smallest absolute Gasteiger partial charge is 0.257 e. The van der Waals surface area contributed by atoms with Gasteiger partial charge in [0.05, 0.1) is 19.6 Å². The monoisotopic (exact) mass is 323 g/mol. The van der Waals surface area contributed by atoms with E-state index in [9.17, 15) is 9.59 Å². The number of guanidine groups is 1. The maximum Gasteiger partial charge on any atom is 0.257 e. The summed E-state index contributed by atoms with van der Waals surface area (Å²) >= 11 is 0. The fourth-order valence-corrected chi connectivity index (χ4v) is 2.55. The minimum absolute atomic E-state index is 0.149. The van der Waals surface area contributed by atoms with Gasteiger partial charge in [0.25, 0.3) is 5.91 Å². The normalized spacial score (nSPS) is 16.8. The maximum absolute atomic E-state index is 12.2. The van der Waals surface area contributed by atoms with Gasteiger partial charge < -0.3 is 4.74 Å². The van der Waals surface area contributed by atoms with Crippen LogP contribution in [0.1, 0.15) is 28.4 Å². The number of carbonyl (C=O) groups excluding carboxylic acids is 2. The van der Waals surface area contributed by atoms with E-state index in [1.54, 1.807) is 31.4 Å². The average Bonchev–Trinajstić information content (AvgIpc) is 2.62. The molecule has 1 atom stereocenters. The minimum atomic E-state index is -0.402. The molecule has 0 saturated carbocycles. The topological polar surface area (TPSA) is 79.8 Å². The molecule has 0 unspecified atom stereocenters. The maximum atomic E-state index is 12.2. The van der Waals surface area contributed by atoms with Crippen LogP contribution >= 0.6 is 0 Å². The highest BCUT2D eigenvalue weighted by atomic mass is 16.5. The highest BCUT2D eigenvalue weighted by Crippen LogP contribution is 2.31. The van der Waals surface area contributed by atoms with Crippen molar-refractivity contribution >= 4 is 17.8 Å². The van der Waals surface area contributed by atoms with Crippen LogP contribution in [0.4, 0.5) is 0 Å². The first-order valence-corrected chi connectivity index (χ1v) is 7.54. The Labute approximate surface area is 139 Å². The van der Waals surface area contributed by atoms with E-state index < -0.39 is 6.04 Å². The van der Waals surface area contributed by atoms with E-state index >= 15 is 0 Å². The summed E-state index contributed by atoms with van der Waals surface area (Å²) < 4.78 is 5.33. The number of hydrogen-bond acceptors (Lipinski definition) is 4. The molecule has 0 bridgehead atoms. The van der Waals surface area contributed by atoms with Gasteiger partial charge in [0.2, 0.25) is 11.9 Å². The number of aliphatic imine (C=N–C) groups is 1. The minimum Gasteiger partial charge on any atom is -0.496 e. The molecule has 3 rings (SSSR count). The Balaban J connectivity index is 1.84. The van der Waals surface area contributed by atoms with Crippen LogP contribution in [0.15, 0.2) is 59.6 Å². The predicted octanol–water partition coefficient (Wildman–Crippen LogP) is 2.04. The van der Waals surface area contributed by atoms with Crippen LogP contribution in [0.25, 0.3) is 0 Å². The highest BCUT2D eigenvalue weighted by Gasteiger charge is 2.25. The van der Waals surface area contributed by atoms with Gasteiger partial charge in [-0.25, -0.2) is 4.99 Å². The molecule has 1 aliphatic rings. The van der Waals surface area contributed by atoms with Crippen LogP contribution < -0.4 is 15.4 Å². The number of hydrogen-bond donors (Lipinski definition) is 2. The number of rotatable bonds is 3. The first kappa shape index (κ1) is 15.7. The van der Waals surface area contributed by atoms with Crippen molar-refractivity contribution in [3.05, 3.63) is 65.7 Å². The number of methoxy groups -OCH3 is 1. The highest BCUT2D eigenvalue weighted by molar-refractivity contribution is 6.10. The van der Waals surface area contributed by atoms with Gasteiger partial charge in [-0.1, -0.05) is 36.4 Å². The molecule has 0 aliphatic carbocycles. The van der Waals surface area contributed by atoms with E-state index in [4.69, 9.17) is 4.74 Å². The van der Waals surface area contributed by atoms with Gasteiger partial charge >= 0.3 is 0 Å². The zero-order chi connectivity index (χ0) is 16.9. The second-order valence-electron chi connectivity index (χ2n) is 5.31.